The van der Waals surface area contributed by atoms with Gasteiger partial charge in [0.05, 0.1) is 11.7 Å². The predicted molar refractivity (Wildman–Crippen MR) is 109 cm³/mol. The molecule has 0 aromatic heterocycles. The van der Waals surface area contributed by atoms with Crippen molar-refractivity contribution >= 4 is 29.1 Å². The third-order valence-electron chi connectivity index (χ3n) is 5.06. The quantitative estimate of drug-likeness (QED) is 0.671. The fourth-order valence-electron chi connectivity index (χ4n) is 3.71. The van der Waals surface area contributed by atoms with Gasteiger partial charge in [0.1, 0.15) is 5.82 Å². The first-order chi connectivity index (χ1) is 13.9. The minimum absolute atomic E-state index is 0.173. The molecule has 1 aliphatic rings. The van der Waals surface area contributed by atoms with E-state index in [4.69, 9.17) is 0 Å². The Morgan fingerprint density at radius 1 is 0.966 bits per heavy atom. The number of hydrogen-bond donors (Lipinski definition) is 3. The van der Waals surface area contributed by atoms with E-state index in [2.05, 4.69) is 16.0 Å². The maximum atomic E-state index is 14.0. The first kappa shape index (κ1) is 20.5. The summed E-state index contributed by atoms with van der Waals surface area (Å²) >= 11 is 0. The van der Waals surface area contributed by atoms with Crippen LogP contribution in [0.3, 0.4) is 0 Å². The summed E-state index contributed by atoms with van der Waals surface area (Å²) in [5, 5.41) is 7.62. The molecule has 0 saturated heterocycles. The van der Waals surface area contributed by atoms with Gasteiger partial charge in [-0.15, -0.1) is 0 Å². The maximum Gasteiger partial charge on any atom is 0.313 e. The van der Waals surface area contributed by atoms with Crippen molar-refractivity contribution in [3.05, 3.63) is 59.9 Å². The van der Waals surface area contributed by atoms with E-state index in [0.717, 1.165) is 37.3 Å². The van der Waals surface area contributed by atoms with Crippen molar-refractivity contribution in [2.45, 2.75) is 38.6 Å². The predicted octanol–water partition coefficient (Wildman–Crippen LogP) is 3.77. The van der Waals surface area contributed by atoms with Crippen LogP contribution in [0.15, 0.2) is 48.5 Å². The van der Waals surface area contributed by atoms with Crippen molar-refractivity contribution in [3.8, 4) is 0 Å². The van der Waals surface area contributed by atoms with Crippen LogP contribution >= 0.6 is 0 Å². The van der Waals surface area contributed by atoms with Crippen molar-refractivity contribution in [1.82, 2.24) is 5.32 Å². The Morgan fingerprint density at radius 3 is 2.31 bits per heavy atom. The molecule has 3 amide bonds. The molecular weight excluding hydrogens is 373 g/mol. The molecule has 0 bridgehead atoms. The first-order valence-electron chi connectivity index (χ1n) is 9.68. The molecule has 1 unspecified atom stereocenters. The van der Waals surface area contributed by atoms with E-state index in [1.165, 1.54) is 19.1 Å². The Bertz CT molecular complexity index is 895. The van der Waals surface area contributed by atoms with Gasteiger partial charge in [-0.2, -0.15) is 0 Å². The Labute approximate surface area is 168 Å². The summed E-state index contributed by atoms with van der Waals surface area (Å²) in [6.45, 7) is 1.32. The molecule has 6 nitrogen and oxygen atoms in total. The standard InChI is InChI=1S/C22H24FN3O3/c1-14(27)24-17-11-12-18(23)19(13-17)25-21(28)22(29)26-20(16-9-5-6-10-16)15-7-3-2-4-8-15/h2-4,7-8,11-13,16,20H,5-6,9-10H2,1H3,(H,24,27)(H,25,28)(H,26,29). The van der Waals surface area contributed by atoms with E-state index >= 15 is 0 Å². The summed E-state index contributed by atoms with van der Waals surface area (Å²) in [5.74, 6) is -2.54. The van der Waals surface area contributed by atoms with Crippen molar-refractivity contribution in [1.29, 1.82) is 0 Å². The minimum atomic E-state index is -0.956. The number of carbonyl (C=O) groups is 3. The summed E-state index contributed by atoms with van der Waals surface area (Å²) in [5.41, 5.74) is 1.09. The lowest BCUT2D eigenvalue weighted by Gasteiger charge is -2.25. The zero-order valence-corrected chi connectivity index (χ0v) is 16.2. The SMILES string of the molecule is CC(=O)Nc1ccc(F)c(NC(=O)C(=O)NC(c2ccccc2)C2CCCC2)c1. The zero-order chi connectivity index (χ0) is 20.8. The second-order valence-corrected chi connectivity index (χ2v) is 7.24. The smallest absolute Gasteiger partial charge is 0.313 e. The van der Waals surface area contributed by atoms with Gasteiger partial charge < -0.3 is 16.0 Å². The highest BCUT2D eigenvalue weighted by Gasteiger charge is 2.29. The molecule has 1 fully saturated rings. The van der Waals surface area contributed by atoms with Crippen LogP contribution < -0.4 is 16.0 Å². The van der Waals surface area contributed by atoms with Crippen LogP contribution in [0.25, 0.3) is 0 Å². The Morgan fingerprint density at radius 2 is 1.66 bits per heavy atom. The van der Waals surface area contributed by atoms with Crippen LogP contribution in [0.1, 0.15) is 44.2 Å². The van der Waals surface area contributed by atoms with Gasteiger partial charge in [-0.3, -0.25) is 14.4 Å². The Balaban J connectivity index is 1.72. The number of nitrogens with one attached hydrogen (secondary N) is 3. The number of anilines is 2. The van der Waals surface area contributed by atoms with E-state index in [0.29, 0.717) is 5.69 Å². The van der Waals surface area contributed by atoms with E-state index in [9.17, 15) is 18.8 Å². The molecule has 0 aliphatic heterocycles. The summed E-state index contributed by atoms with van der Waals surface area (Å²) < 4.78 is 14.0. The lowest BCUT2D eigenvalue weighted by molar-refractivity contribution is -0.136. The maximum absolute atomic E-state index is 14.0. The number of rotatable bonds is 5. The second kappa shape index (κ2) is 9.32. The second-order valence-electron chi connectivity index (χ2n) is 7.24. The highest BCUT2D eigenvalue weighted by molar-refractivity contribution is 6.39. The highest BCUT2D eigenvalue weighted by atomic mass is 19.1. The largest absolute Gasteiger partial charge is 0.341 e. The van der Waals surface area contributed by atoms with Crippen LogP contribution in [-0.4, -0.2) is 17.7 Å². The molecule has 3 rings (SSSR count). The van der Waals surface area contributed by atoms with Crippen LogP contribution in [-0.2, 0) is 14.4 Å². The Kier molecular flexibility index (Phi) is 6.59. The van der Waals surface area contributed by atoms with E-state index < -0.39 is 17.6 Å². The van der Waals surface area contributed by atoms with Crippen molar-refractivity contribution in [3.63, 3.8) is 0 Å². The molecule has 0 radical (unpaired) electrons. The molecular formula is C22H24FN3O3. The summed E-state index contributed by atoms with van der Waals surface area (Å²) in [6.07, 6.45) is 4.15. The van der Waals surface area contributed by atoms with Crippen LogP contribution in [0.5, 0.6) is 0 Å². The fourth-order valence-corrected chi connectivity index (χ4v) is 3.71. The van der Waals surface area contributed by atoms with Gasteiger partial charge >= 0.3 is 11.8 Å². The van der Waals surface area contributed by atoms with E-state index in [-0.39, 0.29) is 23.6 Å². The van der Waals surface area contributed by atoms with Gasteiger partial charge in [0, 0.05) is 12.6 Å². The molecule has 2 aromatic carbocycles. The summed E-state index contributed by atoms with van der Waals surface area (Å²) in [4.78, 5) is 36.1. The average Bonchev–Trinajstić information content (AvgIpc) is 3.23. The molecule has 1 aliphatic carbocycles. The zero-order valence-electron chi connectivity index (χ0n) is 16.2. The number of hydrogen-bond acceptors (Lipinski definition) is 3. The van der Waals surface area contributed by atoms with E-state index in [1.807, 2.05) is 30.3 Å². The van der Waals surface area contributed by atoms with Crippen molar-refractivity contribution < 1.29 is 18.8 Å². The minimum Gasteiger partial charge on any atom is -0.341 e. The van der Waals surface area contributed by atoms with Gasteiger partial charge in [0.15, 0.2) is 0 Å². The van der Waals surface area contributed by atoms with E-state index in [1.54, 1.807) is 0 Å². The van der Waals surface area contributed by atoms with Crippen molar-refractivity contribution in [2.75, 3.05) is 10.6 Å². The average molecular weight is 397 g/mol. The van der Waals surface area contributed by atoms with Crippen molar-refractivity contribution in [2.24, 2.45) is 5.92 Å². The molecule has 2 aromatic rings. The van der Waals surface area contributed by atoms with Crippen LogP contribution in [0.4, 0.5) is 15.8 Å². The number of carbonyl (C=O) groups excluding carboxylic acids is 3. The topological polar surface area (TPSA) is 87.3 Å². The normalized spacial score (nSPS) is 14.8. The van der Waals surface area contributed by atoms with Gasteiger partial charge in [0.2, 0.25) is 5.91 Å². The fraction of sp³-hybridized carbons (Fsp3) is 0.318. The van der Waals surface area contributed by atoms with Crippen LogP contribution in [0, 0.1) is 11.7 Å². The molecule has 29 heavy (non-hydrogen) atoms. The molecule has 1 saturated carbocycles. The third-order valence-corrected chi connectivity index (χ3v) is 5.06. The third kappa shape index (κ3) is 5.40. The highest BCUT2D eigenvalue weighted by Crippen LogP contribution is 2.35. The monoisotopic (exact) mass is 397 g/mol. The molecule has 1 atom stereocenters. The lowest BCUT2D eigenvalue weighted by atomic mass is 9.91. The number of halogens is 1. The molecule has 0 spiro atoms. The molecule has 7 heteroatoms. The molecule has 3 N–H and O–H groups in total. The van der Waals surface area contributed by atoms with Gasteiger partial charge in [-0.25, -0.2) is 4.39 Å². The summed E-state index contributed by atoms with van der Waals surface area (Å²) in [6, 6.07) is 13.0. The summed E-state index contributed by atoms with van der Waals surface area (Å²) in [7, 11) is 0. The molecule has 0 heterocycles. The first-order valence-corrected chi connectivity index (χ1v) is 9.68. The van der Waals surface area contributed by atoms with Gasteiger partial charge in [-0.1, -0.05) is 43.2 Å². The Hall–Kier alpha value is -3.22. The van der Waals surface area contributed by atoms with Gasteiger partial charge in [0.25, 0.3) is 0 Å². The lowest BCUT2D eigenvalue weighted by Crippen LogP contribution is -2.40. The number of benzene rings is 2. The van der Waals surface area contributed by atoms with Gasteiger partial charge in [-0.05, 0) is 42.5 Å². The van der Waals surface area contributed by atoms with Crippen LogP contribution in [0.2, 0.25) is 0 Å². The number of amides is 3. The molecule has 152 valence electrons.